The van der Waals surface area contributed by atoms with Gasteiger partial charge in [0, 0.05) is 136 Å². The molecule has 0 saturated carbocycles. The lowest BCUT2D eigenvalue weighted by Gasteiger charge is -2.12. The number of para-hydroxylation sites is 1. The number of halogens is 5. The van der Waals surface area contributed by atoms with Crippen molar-refractivity contribution in [1.82, 2.24) is 78.1 Å². The maximum atomic E-state index is 15.6. The Hall–Kier alpha value is -14.8. The largest absolute Gasteiger partial charge is 0.460 e. The number of thiophene rings is 1. The molecule has 0 radical (unpaired) electrons. The van der Waals surface area contributed by atoms with Gasteiger partial charge in [0.2, 0.25) is 0 Å². The van der Waals surface area contributed by atoms with Gasteiger partial charge in [-0.3, -0.25) is 24.5 Å². The van der Waals surface area contributed by atoms with Crippen LogP contribution in [0.4, 0.5) is 28.9 Å². The van der Waals surface area contributed by atoms with Crippen LogP contribution in [-0.2, 0) is 0 Å². The lowest BCUT2D eigenvalue weighted by Crippen LogP contribution is -2.03. The molecule has 0 aliphatic carbocycles. The van der Waals surface area contributed by atoms with Crippen LogP contribution in [0.25, 0.3) is 167 Å². The summed E-state index contributed by atoms with van der Waals surface area (Å²) >= 11 is 7.68. The molecule has 21 rings (SSSR count). The van der Waals surface area contributed by atoms with Crippen molar-refractivity contribution in [1.29, 1.82) is 0 Å². The van der Waals surface area contributed by atoms with E-state index >= 15 is 4.39 Å². The number of hydrogen-bond donors (Lipinski definition) is 2. The number of rotatable bonds is 11. The van der Waals surface area contributed by atoms with Crippen molar-refractivity contribution in [3.63, 3.8) is 0 Å². The van der Waals surface area contributed by atoms with Crippen LogP contribution >= 0.6 is 22.9 Å². The second kappa shape index (κ2) is 30.3. The third-order valence-electron chi connectivity index (χ3n) is 19.3. The number of nitrogens with zero attached hydrogens (tertiary/aromatic N) is 16. The zero-order chi connectivity index (χ0) is 77.5. The van der Waals surface area contributed by atoms with Gasteiger partial charge in [-0.1, -0.05) is 72.3 Å². The molecular formula is C89H59ClF4N18OS. The fourth-order valence-electron chi connectivity index (χ4n) is 13.8. The number of aromatic nitrogens is 16. The van der Waals surface area contributed by atoms with Gasteiger partial charge in [0.1, 0.15) is 58.2 Å². The Bertz CT molecular complexity index is 7260. The fourth-order valence-corrected chi connectivity index (χ4v) is 14.8. The number of pyridine rings is 5. The standard InChI is InChI=1S/C25H14ClFN4S.2C22H16FN5.C20H13FN4O/c26-23-8-7-22(32-23)15-5-6-20-18(13-15)25(31-12-10-16-14-28-11-9-21(16)31)30-24(29-20)17-3-1-2-4-19(17)27;1-24-17-5-6-19-18(12-17)22(28-10-8-15-13-25-9-7-20(15)28)27-21(26-19)14-3-2-4-16(23)11-14;1-24-15-6-7-17-19(12-15)26-21(16-4-2-3-5-18(16)23)27-22(17)28-11-9-14-13-25-10-8-20(14)28;1-12-6-7-17(26-12)19-18(21)20(13-4-2-3-5-14(13)24-19)25-11-23-15-10-22-9-8-16(15)25/h1-14H;2*2-13,24H,1H3;2-11H,1H3. The first kappa shape index (κ1) is 70.9. The summed E-state index contributed by atoms with van der Waals surface area (Å²) in [6, 6.07) is 65.8. The molecule has 14 heterocycles. The molecule has 0 amide bonds. The summed E-state index contributed by atoms with van der Waals surface area (Å²) < 4.78 is 72.5. The summed E-state index contributed by atoms with van der Waals surface area (Å²) in [5.41, 5.74) is 12.2. The minimum Gasteiger partial charge on any atom is -0.460 e. The number of benzene rings is 7. The van der Waals surface area contributed by atoms with Gasteiger partial charge in [-0.15, -0.1) is 11.3 Å². The normalized spacial score (nSPS) is 11.3. The highest BCUT2D eigenvalue weighted by Crippen LogP contribution is 2.39. The Morgan fingerprint density at radius 3 is 1.55 bits per heavy atom. The molecule has 0 unspecified atom stereocenters. The van der Waals surface area contributed by atoms with Crippen molar-refractivity contribution in [2.24, 2.45) is 0 Å². The van der Waals surface area contributed by atoms with Crippen LogP contribution in [0.15, 0.2) is 297 Å². The van der Waals surface area contributed by atoms with E-state index < -0.39 is 5.82 Å². The molecule has 2 N–H and O–H groups in total. The van der Waals surface area contributed by atoms with Crippen molar-refractivity contribution in [3.8, 4) is 79.2 Å². The van der Waals surface area contributed by atoms with Gasteiger partial charge in [0.25, 0.3) is 0 Å². The van der Waals surface area contributed by atoms with Crippen molar-refractivity contribution in [2.45, 2.75) is 6.92 Å². The first-order valence-corrected chi connectivity index (χ1v) is 37.1. The maximum Gasteiger partial charge on any atom is 0.177 e. The van der Waals surface area contributed by atoms with Gasteiger partial charge in [0.15, 0.2) is 29.1 Å². The topological polar surface area (TPSA) is 212 Å². The van der Waals surface area contributed by atoms with Crippen molar-refractivity contribution < 1.29 is 22.0 Å². The van der Waals surface area contributed by atoms with Crippen molar-refractivity contribution in [3.05, 3.63) is 326 Å². The summed E-state index contributed by atoms with van der Waals surface area (Å²) in [7, 11) is 3.73. The Balaban J connectivity index is 0.000000106. The third-order valence-corrected chi connectivity index (χ3v) is 20.6. The summed E-state index contributed by atoms with van der Waals surface area (Å²) in [4.78, 5) is 55.0. The van der Waals surface area contributed by atoms with E-state index in [-0.39, 0.29) is 23.1 Å². The molecule has 0 spiro atoms. The highest BCUT2D eigenvalue weighted by Gasteiger charge is 2.24. The van der Waals surface area contributed by atoms with E-state index in [1.54, 1.807) is 96.5 Å². The van der Waals surface area contributed by atoms with Gasteiger partial charge in [-0.05, 0) is 170 Å². The molecule has 0 bridgehead atoms. The van der Waals surface area contributed by atoms with E-state index in [0.717, 1.165) is 103 Å². The minimum absolute atomic E-state index is 0.183. The van der Waals surface area contributed by atoms with Crippen LogP contribution in [0, 0.1) is 30.2 Å². The number of aryl methyl sites for hydroxylation is 1. The molecule has 7 aromatic carbocycles. The van der Waals surface area contributed by atoms with Gasteiger partial charge in [-0.2, -0.15) is 0 Å². The summed E-state index contributed by atoms with van der Waals surface area (Å²) in [6.45, 7) is 1.82. The van der Waals surface area contributed by atoms with Gasteiger partial charge in [0.05, 0.1) is 71.5 Å². The molecule has 0 aliphatic rings. The lowest BCUT2D eigenvalue weighted by molar-refractivity contribution is 0.537. The molecule has 19 nitrogen and oxygen atoms in total. The van der Waals surface area contributed by atoms with Crippen LogP contribution in [0.2, 0.25) is 4.34 Å². The second-order valence-corrected chi connectivity index (χ2v) is 28.0. The highest BCUT2D eigenvalue weighted by molar-refractivity contribution is 7.19. The number of furan rings is 1. The number of imidazole rings is 1. The first-order chi connectivity index (χ1) is 55.9. The number of nitrogens with one attached hydrogen (secondary N) is 2. The number of anilines is 2. The van der Waals surface area contributed by atoms with E-state index in [4.69, 9.17) is 36.0 Å². The molecule has 0 aliphatic heterocycles. The predicted molar refractivity (Wildman–Crippen MR) is 443 cm³/mol. The van der Waals surface area contributed by atoms with Crippen molar-refractivity contribution in [2.75, 3.05) is 24.7 Å². The predicted octanol–water partition coefficient (Wildman–Crippen LogP) is 21.5. The monoisotopic (exact) mass is 1540 g/mol. The molecular weight excluding hydrogens is 1480 g/mol. The van der Waals surface area contributed by atoms with E-state index in [9.17, 15) is 13.2 Å². The van der Waals surface area contributed by atoms with Crippen LogP contribution in [0.5, 0.6) is 0 Å². The molecule has 14 aromatic heterocycles. The quantitative estimate of drug-likeness (QED) is 0.115. The van der Waals surface area contributed by atoms with Crippen LogP contribution in [0.1, 0.15) is 5.76 Å². The van der Waals surface area contributed by atoms with E-state index in [1.165, 1.54) is 35.6 Å². The molecule has 114 heavy (non-hydrogen) atoms. The van der Waals surface area contributed by atoms with E-state index in [0.29, 0.717) is 79.4 Å². The second-order valence-electron chi connectivity index (χ2n) is 26.3. The number of hydrogen-bond acceptors (Lipinski definition) is 16. The average Bonchev–Trinajstić information content (AvgIpc) is 1.48. The molecule has 0 fully saturated rings. The van der Waals surface area contributed by atoms with Gasteiger partial charge < -0.3 is 28.8 Å². The van der Waals surface area contributed by atoms with E-state index in [2.05, 4.69) is 56.6 Å². The highest BCUT2D eigenvalue weighted by atomic mass is 35.5. The third kappa shape index (κ3) is 13.6. The molecule has 0 saturated heterocycles. The summed E-state index contributed by atoms with van der Waals surface area (Å²) in [6.07, 6.45) is 21.5. The van der Waals surface area contributed by atoms with Crippen molar-refractivity contribution >= 4 is 122 Å². The maximum absolute atomic E-state index is 15.6. The van der Waals surface area contributed by atoms with Gasteiger partial charge in [-0.25, -0.2) is 57.4 Å². The Labute approximate surface area is 654 Å². The SMILES string of the molecule is CNc1ccc2c(-n3ccc4cnccc43)nc(-c3ccccc3F)nc2c1.CNc1ccc2nc(-c3cccc(F)c3)nc(-n3ccc4cnccc43)c2c1.Cc1ccc(-c2nc3ccccc3c(-n3cnc4cnccc43)c2F)o1.Fc1ccccc1-c1nc(-n2ccc3cnccc32)c2cc(-c3ccc(Cl)s3)ccc2n1. The van der Waals surface area contributed by atoms with Crippen LogP contribution in [0.3, 0.4) is 0 Å². The molecule has 21 aromatic rings. The Kier molecular flexibility index (Phi) is 18.8. The fraction of sp³-hybridized carbons (Fsp3) is 0.0337. The zero-order valence-corrected chi connectivity index (χ0v) is 62.1. The smallest absolute Gasteiger partial charge is 0.177 e. The van der Waals surface area contributed by atoms with E-state index in [1.807, 2.05) is 205 Å². The average molecular weight is 1540 g/mol. The zero-order valence-electron chi connectivity index (χ0n) is 60.6. The summed E-state index contributed by atoms with van der Waals surface area (Å²) in [5.74, 6) is 2.93. The van der Waals surface area contributed by atoms with Crippen LogP contribution < -0.4 is 10.6 Å². The Morgan fingerprint density at radius 2 is 0.947 bits per heavy atom. The van der Waals surface area contributed by atoms with Gasteiger partial charge >= 0.3 is 0 Å². The first-order valence-electron chi connectivity index (χ1n) is 35.9. The molecule has 552 valence electrons. The molecule has 0 atom stereocenters. The molecule has 25 heteroatoms. The lowest BCUT2D eigenvalue weighted by atomic mass is 10.1. The number of fused-ring (bicyclic) bond motifs is 8. The summed E-state index contributed by atoms with van der Waals surface area (Å²) in [5, 5.41) is 12.7. The Morgan fingerprint density at radius 1 is 0.404 bits per heavy atom. The van der Waals surface area contributed by atoms with Crippen LogP contribution in [-0.4, -0.2) is 92.2 Å². The minimum atomic E-state index is -0.450.